The van der Waals surface area contributed by atoms with Gasteiger partial charge in [-0.1, -0.05) is 23.7 Å². The second kappa shape index (κ2) is 7.44. The summed E-state index contributed by atoms with van der Waals surface area (Å²) in [5, 5.41) is 9.75. The topological polar surface area (TPSA) is 101 Å². The summed E-state index contributed by atoms with van der Waals surface area (Å²) in [6, 6.07) is 8.25. The maximum absolute atomic E-state index is 13.2. The molecule has 1 aliphatic rings. The maximum Gasteiger partial charge on any atom is 0.333 e. The van der Waals surface area contributed by atoms with Gasteiger partial charge in [-0.05, 0) is 42.3 Å². The monoisotopic (exact) mass is 402 g/mol. The molecule has 0 aromatic heterocycles. The minimum Gasteiger partial charge on any atom is -0.478 e. The van der Waals surface area contributed by atoms with Crippen molar-refractivity contribution in [3.05, 3.63) is 75.7 Å². The van der Waals surface area contributed by atoms with Gasteiger partial charge in [0.1, 0.15) is 5.82 Å². The van der Waals surface area contributed by atoms with Gasteiger partial charge in [0.2, 0.25) is 11.8 Å². The number of carbonyl (C=O) groups is 3. The van der Waals surface area contributed by atoms with Gasteiger partial charge in [0, 0.05) is 18.5 Å². The average Bonchev–Trinajstić information content (AvgIpc) is 2.64. The van der Waals surface area contributed by atoms with E-state index in [9.17, 15) is 23.9 Å². The Labute approximate surface area is 165 Å². The molecular formula is C20H16ClFN2O4. The summed E-state index contributed by atoms with van der Waals surface area (Å²) >= 11 is 6.19. The number of aliphatic carboxylic acids is 1. The van der Waals surface area contributed by atoms with Gasteiger partial charge in [-0.3, -0.25) is 14.5 Å². The van der Waals surface area contributed by atoms with Crippen molar-refractivity contribution in [3.8, 4) is 0 Å². The Morgan fingerprint density at radius 3 is 2.43 bits per heavy atom. The van der Waals surface area contributed by atoms with E-state index in [0.29, 0.717) is 16.8 Å². The Kier molecular flexibility index (Phi) is 5.20. The Hall–Kier alpha value is -3.19. The highest BCUT2D eigenvalue weighted by Gasteiger charge is 2.34. The number of anilines is 1. The van der Waals surface area contributed by atoms with Gasteiger partial charge in [-0.25, -0.2) is 9.18 Å². The summed E-state index contributed by atoms with van der Waals surface area (Å²) in [6.45, 7) is 1.61. The summed E-state index contributed by atoms with van der Waals surface area (Å²) in [6.07, 6.45) is 1.13. The Morgan fingerprint density at radius 2 is 1.86 bits per heavy atom. The number of carboxylic acid groups (broad SMARTS) is 1. The van der Waals surface area contributed by atoms with Crippen LogP contribution in [-0.2, 0) is 9.59 Å². The van der Waals surface area contributed by atoms with Crippen LogP contribution in [0.4, 0.5) is 10.1 Å². The molecule has 0 spiro atoms. The van der Waals surface area contributed by atoms with Crippen LogP contribution in [0.3, 0.4) is 0 Å². The lowest BCUT2D eigenvalue weighted by molar-refractivity contribution is -0.133. The van der Waals surface area contributed by atoms with Crippen molar-refractivity contribution in [2.75, 3.05) is 4.90 Å². The van der Waals surface area contributed by atoms with E-state index in [2.05, 4.69) is 0 Å². The van der Waals surface area contributed by atoms with Crippen molar-refractivity contribution in [2.45, 2.75) is 19.3 Å². The van der Waals surface area contributed by atoms with Gasteiger partial charge in [-0.2, -0.15) is 0 Å². The summed E-state index contributed by atoms with van der Waals surface area (Å²) in [4.78, 5) is 37.2. The SMILES string of the molecule is Cc1c(N2C=C(C(=O)O)[C@H](c3ccc(F)cc3)CC2=O)ccc(C(N)=O)c1Cl. The standard InChI is InChI=1S/C20H16ClFN2O4/c1-10-16(7-6-13(18(10)21)19(23)26)24-9-15(20(27)28)14(8-17(24)25)11-2-4-12(22)5-3-11/h2-7,9,14H,8H2,1H3,(H2,23,26)(H,27,28)/t14-/m0/s1. The molecular weight excluding hydrogens is 387 g/mol. The van der Waals surface area contributed by atoms with Crippen molar-refractivity contribution in [1.29, 1.82) is 0 Å². The fourth-order valence-electron chi connectivity index (χ4n) is 3.21. The predicted octanol–water partition coefficient (Wildman–Crippen LogP) is 3.38. The largest absolute Gasteiger partial charge is 0.478 e. The van der Waals surface area contributed by atoms with Crippen LogP contribution < -0.4 is 10.6 Å². The van der Waals surface area contributed by atoms with Crippen molar-refractivity contribution in [2.24, 2.45) is 5.73 Å². The maximum atomic E-state index is 13.2. The quantitative estimate of drug-likeness (QED) is 0.818. The Balaban J connectivity index is 2.08. The van der Waals surface area contributed by atoms with Crippen molar-refractivity contribution < 1.29 is 23.9 Å². The molecule has 8 heteroatoms. The summed E-state index contributed by atoms with van der Waals surface area (Å²) < 4.78 is 13.2. The number of benzene rings is 2. The van der Waals surface area contributed by atoms with Crippen LogP contribution in [0.1, 0.15) is 33.8 Å². The second-order valence-electron chi connectivity index (χ2n) is 6.40. The summed E-state index contributed by atoms with van der Waals surface area (Å²) in [5.74, 6) is -3.41. The molecule has 3 rings (SSSR count). The lowest BCUT2D eigenvalue weighted by Gasteiger charge is -2.30. The highest BCUT2D eigenvalue weighted by Crippen LogP contribution is 2.37. The number of primary amides is 1. The van der Waals surface area contributed by atoms with Gasteiger partial charge >= 0.3 is 5.97 Å². The number of nitrogens with zero attached hydrogens (tertiary/aromatic N) is 1. The first-order valence-electron chi connectivity index (χ1n) is 8.32. The molecule has 2 aromatic rings. The van der Waals surface area contributed by atoms with E-state index in [1.165, 1.54) is 47.5 Å². The van der Waals surface area contributed by atoms with Crippen LogP contribution >= 0.6 is 11.6 Å². The van der Waals surface area contributed by atoms with E-state index in [-0.39, 0.29) is 28.5 Å². The van der Waals surface area contributed by atoms with Gasteiger partial charge in [0.25, 0.3) is 0 Å². The third-order valence-electron chi connectivity index (χ3n) is 4.69. The molecule has 1 heterocycles. The van der Waals surface area contributed by atoms with E-state index in [0.717, 1.165) is 0 Å². The van der Waals surface area contributed by atoms with Crippen molar-refractivity contribution in [1.82, 2.24) is 0 Å². The lowest BCUT2D eigenvalue weighted by Crippen LogP contribution is -2.34. The number of hydrogen-bond donors (Lipinski definition) is 2. The zero-order valence-electron chi connectivity index (χ0n) is 14.8. The smallest absolute Gasteiger partial charge is 0.333 e. The van der Waals surface area contributed by atoms with E-state index < -0.39 is 23.6 Å². The molecule has 0 radical (unpaired) electrons. The van der Waals surface area contributed by atoms with Crippen LogP contribution in [0.25, 0.3) is 0 Å². The molecule has 0 fully saturated rings. The molecule has 1 aliphatic heterocycles. The van der Waals surface area contributed by atoms with Gasteiger partial charge < -0.3 is 10.8 Å². The Bertz CT molecular complexity index is 1020. The van der Waals surface area contributed by atoms with E-state index in [4.69, 9.17) is 17.3 Å². The predicted molar refractivity (Wildman–Crippen MR) is 102 cm³/mol. The first kappa shape index (κ1) is 19.6. The van der Waals surface area contributed by atoms with E-state index in [1.807, 2.05) is 0 Å². The molecule has 0 saturated carbocycles. The normalized spacial score (nSPS) is 16.7. The minimum atomic E-state index is -1.19. The molecule has 6 nitrogen and oxygen atoms in total. The first-order valence-corrected chi connectivity index (χ1v) is 8.70. The summed E-state index contributed by atoms with van der Waals surface area (Å²) in [5.41, 5.74) is 6.68. The number of carbonyl (C=O) groups excluding carboxylic acids is 2. The van der Waals surface area contributed by atoms with Crippen LogP contribution in [-0.4, -0.2) is 22.9 Å². The highest BCUT2D eigenvalue weighted by atomic mass is 35.5. The molecule has 2 amide bonds. The number of hydrogen-bond acceptors (Lipinski definition) is 3. The molecule has 0 aliphatic carbocycles. The van der Waals surface area contributed by atoms with Crippen molar-refractivity contribution in [3.63, 3.8) is 0 Å². The first-order chi connectivity index (χ1) is 13.2. The molecule has 2 aromatic carbocycles. The number of halogens is 2. The Morgan fingerprint density at radius 1 is 1.21 bits per heavy atom. The van der Waals surface area contributed by atoms with Crippen LogP contribution in [0.5, 0.6) is 0 Å². The molecule has 0 saturated heterocycles. The van der Waals surface area contributed by atoms with Gasteiger partial charge in [0.15, 0.2) is 0 Å². The van der Waals surface area contributed by atoms with Crippen molar-refractivity contribution >= 4 is 35.1 Å². The van der Waals surface area contributed by atoms with E-state index in [1.54, 1.807) is 6.92 Å². The number of amides is 2. The zero-order valence-corrected chi connectivity index (χ0v) is 15.5. The number of carboxylic acids is 1. The number of nitrogens with two attached hydrogens (primary N) is 1. The molecule has 3 N–H and O–H groups in total. The highest BCUT2D eigenvalue weighted by molar-refractivity contribution is 6.35. The zero-order chi connectivity index (χ0) is 20.6. The fraction of sp³-hybridized carbons (Fsp3) is 0.150. The minimum absolute atomic E-state index is 0.0132. The van der Waals surface area contributed by atoms with E-state index >= 15 is 0 Å². The van der Waals surface area contributed by atoms with Gasteiger partial charge in [0.05, 0.1) is 21.8 Å². The molecule has 28 heavy (non-hydrogen) atoms. The average molecular weight is 403 g/mol. The van der Waals surface area contributed by atoms with Gasteiger partial charge in [-0.15, -0.1) is 0 Å². The van der Waals surface area contributed by atoms with Crippen LogP contribution in [0.2, 0.25) is 5.02 Å². The molecule has 0 unspecified atom stereocenters. The third kappa shape index (κ3) is 3.48. The summed E-state index contributed by atoms with van der Waals surface area (Å²) in [7, 11) is 0. The fourth-order valence-corrected chi connectivity index (χ4v) is 3.46. The van der Waals surface area contributed by atoms with Crippen LogP contribution in [0, 0.1) is 12.7 Å². The second-order valence-corrected chi connectivity index (χ2v) is 6.78. The van der Waals surface area contributed by atoms with Crippen LogP contribution in [0.15, 0.2) is 48.2 Å². The third-order valence-corrected chi connectivity index (χ3v) is 5.18. The molecule has 144 valence electrons. The molecule has 0 bridgehead atoms. The number of rotatable bonds is 4. The molecule has 1 atom stereocenters. The lowest BCUT2D eigenvalue weighted by atomic mass is 9.85.